The average molecular weight is 448 g/mol. The summed E-state index contributed by atoms with van der Waals surface area (Å²) in [4.78, 5) is 16.7. The predicted molar refractivity (Wildman–Crippen MR) is 127 cm³/mol. The number of rotatable bonds is 5. The van der Waals surface area contributed by atoms with Crippen LogP contribution in [0, 0.1) is 11.3 Å². The van der Waals surface area contributed by atoms with E-state index in [-0.39, 0.29) is 16.9 Å². The Labute approximate surface area is 188 Å². The van der Waals surface area contributed by atoms with Crippen LogP contribution < -0.4 is 16.8 Å². The summed E-state index contributed by atoms with van der Waals surface area (Å²) in [6.45, 7) is 2.08. The van der Waals surface area contributed by atoms with Crippen LogP contribution in [0.1, 0.15) is 28.4 Å². The van der Waals surface area contributed by atoms with Crippen LogP contribution in [0.4, 0.5) is 16.5 Å². The number of amides is 1. The second-order valence-electron chi connectivity index (χ2n) is 6.89. The molecule has 2 heterocycles. The molecule has 1 amide bonds. The summed E-state index contributed by atoms with van der Waals surface area (Å²) in [5, 5.41) is 14.1. The van der Waals surface area contributed by atoms with Gasteiger partial charge in [-0.1, -0.05) is 42.8 Å². The van der Waals surface area contributed by atoms with Crippen molar-refractivity contribution in [2.45, 2.75) is 13.3 Å². The molecule has 0 spiro atoms. The number of nitriles is 1. The van der Waals surface area contributed by atoms with Gasteiger partial charge in [0.15, 0.2) is 0 Å². The molecular formula is C23H18ClN5OS. The van der Waals surface area contributed by atoms with Crippen LogP contribution in [0.2, 0.25) is 5.02 Å². The molecule has 0 unspecified atom stereocenters. The number of aromatic nitrogens is 1. The van der Waals surface area contributed by atoms with Crippen molar-refractivity contribution in [1.82, 2.24) is 4.98 Å². The number of carbonyl (C=O) groups excluding carboxylic acids is 1. The fourth-order valence-electron chi connectivity index (χ4n) is 3.39. The first-order valence-corrected chi connectivity index (χ1v) is 10.7. The van der Waals surface area contributed by atoms with Gasteiger partial charge in [0.2, 0.25) is 0 Å². The van der Waals surface area contributed by atoms with Crippen LogP contribution >= 0.6 is 22.9 Å². The van der Waals surface area contributed by atoms with Crippen molar-refractivity contribution in [3.05, 3.63) is 70.2 Å². The Morgan fingerprint density at radius 2 is 1.87 bits per heavy atom. The van der Waals surface area contributed by atoms with E-state index in [1.54, 1.807) is 24.3 Å². The van der Waals surface area contributed by atoms with Gasteiger partial charge in [-0.2, -0.15) is 5.26 Å². The summed E-state index contributed by atoms with van der Waals surface area (Å²) in [7, 11) is 0. The molecule has 2 aromatic heterocycles. The molecule has 31 heavy (non-hydrogen) atoms. The lowest BCUT2D eigenvalue weighted by molar-refractivity contribution is 0.100. The van der Waals surface area contributed by atoms with E-state index < -0.39 is 5.91 Å². The number of carbonyl (C=O) groups is 1. The lowest BCUT2D eigenvalue weighted by Gasteiger charge is -2.08. The fourth-order valence-corrected chi connectivity index (χ4v) is 4.76. The molecule has 4 aromatic rings. The lowest BCUT2D eigenvalue weighted by Crippen LogP contribution is -2.13. The Morgan fingerprint density at radius 1 is 1.19 bits per heavy atom. The summed E-state index contributed by atoms with van der Waals surface area (Å²) in [6, 6.07) is 17.1. The Kier molecular flexibility index (Phi) is 5.51. The number of halogens is 1. The summed E-state index contributed by atoms with van der Waals surface area (Å²) >= 11 is 7.34. The van der Waals surface area contributed by atoms with Crippen LogP contribution in [-0.2, 0) is 6.42 Å². The van der Waals surface area contributed by atoms with E-state index in [0.717, 1.165) is 17.7 Å². The van der Waals surface area contributed by atoms with Crippen LogP contribution in [0.3, 0.4) is 0 Å². The highest BCUT2D eigenvalue weighted by Gasteiger charge is 2.25. The Morgan fingerprint density at radius 3 is 2.45 bits per heavy atom. The summed E-state index contributed by atoms with van der Waals surface area (Å²) in [5.41, 5.74) is 16.0. The summed E-state index contributed by atoms with van der Waals surface area (Å²) in [6.07, 6.45) is 0.931. The molecular weight excluding hydrogens is 430 g/mol. The van der Waals surface area contributed by atoms with Crippen molar-refractivity contribution < 1.29 is 4.79 Å². The first kappa shape index (κ1) is 20.7. The third kappa shape index (κ3) is 3.79. The Hall–Kier alpha value is -3.60. The minimum Gasteiger partial charge on any atom is -0.383 e. The molecule has 0 radical (unpaired) electrons. The molecule has 0 atom stereocenters. The molecule has 8 heteroatoms. The molecule has 0 fully saturated rings. The molecule has 2 aromatic carbocycles. The second-order valence-corrected chi connectivity index (χ2v) is 8.35. The number of nitrogens with one attached hydrogen (secondary N) is 1. The van der Waals surface area contributed by atoms with Gasteiger partial charge in [-0.05, 0) is 41.8 Å². The van der Waals surface area contributed by atoms with Crippen molar-refractivity contribution in [3.63, 3.8) is 0 Å². The van der Waals surface area contributed by atoms with Gasteiger partial charge in [0.05, 0.1) is 10.2 Å². The predicted octanol–water partition coefficient (Wildman–Crippen LogP) is 5.48. The first-order valence-electron chi connectivity index (χ1n) is 9.50. The molecule has 0 bridgehead atoms. The molecule has 0 aliphatic heterocycles. The minimum atomic E-state index is -0.627. The number of nitrogens with zero attached hydrogens (tertiary/aromatic N) is 2. The number of aryl methyl sites for hydroxylation is 1. The van der Waals surface area contributed by atoms with E-state index in [1.165, 1.54) is 16.9 Å². The highest BCUT2D eigenvalue weighted by atomic mass is 35.5. The maximum Gasteiger partial charge on any atom is 0.253 e. The van der Waals surface area contributed by atoms with Crippen LogP contribution in [0.15, 0.2) is 48.5 Å². The molecule has 154 valence electrons. The van der Waals surface area contributed by atoms with Gasteiger partial charge < -0.3 is 16.8 Å². The topological polar surface area (TPSA) is 118 Å². The van der Waals surface area contributed by atoms with E-state index in [2.05, 4.69) is 23.3 Å². The Balaban J connectivity index is 1.97. The highest BCUT2D eigenvalue weighted by molar-refractivity contribution is 7.24. The molecule has 0 aliphatic rings. The van der Waals surface area contributed by atoms with Crippen LogP contribution in [0.25, 0.3) is 21.3 Å². The molecule has 5 N–H and O–H groups in total. The minimum absolute atomic E-state index is 0.0408. The lowest BCUT2D eigenvalue weighted by atomic mass is 10.00. The highest BCUT2D eigenvalue weighted by Crippen LogP contribution is 2.44. The van der Waals surface area contributed by atoms with E-state index >= 15 is 0 Å². The summed E-state index contributed by atoms with van der Waals surface area (Å²) in [5.74, 6) is -0.586. The number of fused-ring (bicyclic) bond motifs is 1. The fraction of sp³-hybridized carbons (Fsp3) is 0.0870. The molecule has 6 nitrogen and oxygen atoms in total. The van der Waals surface area contributed by atoms with Gasteiger partial charge in [0, 0.05) is 16.3 Å². The number of primary amides is 1. The van der Waals surface area contributed by atoms with Gasteiger partial charge in [-0.15, -0.1) is 11.3 Å². The number of pyridine rings is 1. The van der Waals surface area contributed by atoms with E-state index in [4.69, 9.17) is 23.1 Å². The van der Waals surface area contributed by atoms with Gasteiger partial charge in [-0.3, -0.25) is 4.79 Å². The van der Waals surface area contributed by atoms with Crippen LogP contribution in [0.5, 0.6) is 0 Å². The van der Waals surface area contributed by atoms with Crippen LogP contribution in [-0.4, -0.2) is 10.9 Å². The average Bonchev–Trinajstić information content (AvgIpc) is 3.11. The molecule has 0 aliphatic carbocycles. The SMILES string of the molecule is CCc1ccc(Nc2sc3c(-c4ccc(Cl)cc4)c(C#N)c(N)nc3c2C(N)=O)cc1. The largest absolute Gasteiger partial charge is 0.383 e. The zero-order chi connectivity index (χ0) is 22.1. The molecule has 0 saturated heterocycles. The Bertz CT molecular complexity index is 1340. The number of anilines is 3. The second kappa shape index (κ2) is 8.26. The number of hydrogen-bond donors (Lipinski definition) is 3. The first-order chi connectivity index (χ1) is 14.9. The maximum absolute atomic E-state index is 12.4. The smallest absolute Gasteiger partial charge is 0.253 e. The van der Waals surface area contributed by atoms with Gasteiger partial charge in [0.1, 0.15) is 28.0 Å². The zero-order valence-electron chi connectivity index (χ0n) is 16.6. The quantitative estimate of drug-likeness (QED) is 0.374. The van der Waals surface area contributed by atoms with E-state index in [1.807, 2.05) is 24.3 Å². The number of hydrogen-bond acceptors (Lipinski definition) is 6. The zero-order valence-corrected chi connectivity index (χ0v) is 18.1. The number of nitrogens with two attached hydrogens (primary N) is 2. The number of benzene rings is 2. The monoisotopic (exact) mass is 447 g/mol. The van der Waals surface area contributed by atoms with Crippen molar-refractivity contribution >= 4 is 55.6 Å². The third-order valence-electron chi connectivity index (χ3n) is 4.96. The van der Waals surface area contributed by atoms with Crippen molar-refractivity contribution in [3.8, 4) is 17.2 Å². The standard InChI is InChI=1S/C23H18ClN5OS/c1-2-12-3-9-15(10-4-12)28-23-18(22(27)30)19-20(31-23)17(16(11-25)21(26)29-19)13-5-7-14(24)8-6-13/h3-10,28H,2H2,1H3,(H2,26,29)(H2,27,30). The van der Waals surface area contributed by atoms with E-state index in [9.17, 15) is 10.1 Å². The number of thiophene rings is 1. The van der Waals surface area contributed by atoms with E-state index in [0.29, 0.717) is 25.8 Å². The maximum atomic E-state index is 12.4. The third-order valence-corrected chi connectivity index (χ3v) is 6.32. The molecule has 0 saturated carbocycles. The normalized spacial score (nSPS) is 10.7. The van der Waals surface area contributed by atoms with Crippen molar-refractivity contribution in [2.75, 3.05) is 11.1 Å². The van der Waals surface area contributed by atoms with Crippen molar-refractivity contribution in [2.24, 2.45) is 5.73 Å². The van der Waals surface area contributed by atoms with Gasteiger partial charge in [-0.25, -0.2) is 4.98 Å². The van der Waals surface area contributed by atoms with Gasteiger partial charge >= 0.3 is 0 Å². The van der Waals surface area contributed by atoms with Gasteiger partial charge in [0.25, 0.3) is 5.91 Å². The van der Waals surface area contributed by atoms with Crippen molar-refractivity contribution in [1.29, 1.82) is 5.26 Å². The molecule has 4 rings (SSSR count). The number of nitrogen functional groups attached to an aromatic ring is 1. The summed E-state index contributed by atoms with van der Waals surface area (Å²) < 4.78 is 0.648.